The van der Waals surface area contributed by atoms with Gasteiger partial charge in [0.15, 0.2) is 15.6 Å². The molecule has 158 valence electrons. The largest absolute Gasteiger partial charge is 0.312 e. The van der Waals surface area contributed by atoms with Crippen LogP contribution in [0.5, 0.6) is 0 Å². The molecule has 7 nitrogen and oxygen atoms in total. The number of benzene rings is 1. The Hall–Kier alpha value is -2.74. The molecule has 1 aromatic carbocycles. The van der Waals surface area contributed by atoms with Gasteiger partial charge in [-0.25, -0.2) is 8.42 Å². The zero-order valence-corrected chi connectivity index (χ0v) is 18.0. The first-order chi connectivity index (χ1) is 14.2. The van der Waals surface area contributed by atoms with Crippen molar-refractivity contribution < 1.29 is 18.0 Å². The molecular formula is C22H25N3O4S. The Kier molecular flexibility index (Phi) is 5.36. The van der Waals surface area contributed by atoms with E-state index in [0.29, 0.717) is 18.4 Å². The number of sulfone groups is 1. The van der Waals surface area contributed by atoms with Crippen molar-refractivity contribution in [2.75, 3.05) is 23.0 Å². The van der Waals surface area contributed by atoms with Gasteiger partial charge in [0.2, 0.25) is 5.91 Å². The average molecular weight is 428 g/mol. The van der Waals surface area contributed by atoms with Crippen LogP contribution in [-0.4, -0.2) is 47.9 Å². The van der Waals surface area contributed by atoms with E-state index >= 15 is 0 Å². The fourth-order valence-electron chi connectivity index (χ4n) is 4.22. The second kappa shape index (κ2) is 7.83. The van der Waals surface area contributed by atoms with Gasteiger partial charge in [-0.3, -0.25) is 14.3 Å². The van der Waals surface area contributed by atoms with Gasteiger partial charge in [0.25, 0.3) is 0 Å². The van der Waals surface area contributed by atoms with E-state index < -0.39 is 9.84 Å². The second-order valence-electron chi connectivity index (χ2n) is 7.98. The fourth-order valence-corrected chi connectivity index (χ4v) is 5.91. The standard InChI is InChI=1S/C22H25N3O4S/c1-15-20(16(2)25(23-15)19-11-13-30(28,29)14-19)9-10-21(26)17-5-7-18(8-6-17)24-12-3-4-22(24)27/h5-10,19H,3-4,11-14H2,1-2H3. The molecular weight excluding hydrogens is 402 g/mol. The smallest absolute Gasteiger partial charge is 0.227 e. The Morgan fingerprint density at radius 1 is 1.20 bits per heavy atom. The van der Waals surface area contributed by atoms with Crippen LogP contribution in [0, 0.1) is 13.8 Å². The van der Waals surface area contributed by atoms with E-state index in [-0.39, 0.29) is 29.2 Å². The van der Waals surface area contributed by atoms with Crippen LogP contribution in [0.4, 0.5) is 5.69 Å². The van der Waals surface area contributed by atoms with Crippen LogP contribution in [0.3, 0.4) is 0 Å². The molecule has 0 bridgehead atoms. The number of hydrogen-bond donors (Lipinski definition) is 0. The molecule has 1 aromatic heterocycles. The Morgan fingerprint density at radius 3 is 2.53 bits per heavy atom. The summed E-state index contributed by atoms with van der Waals surface area (Å²) < 4.78 is 25.4. The lowest BCUT2D eigenvalue weighted by molar-refractivity contribution is -0.117. The number of hydrogen-bond acceptors (Lipinski definition) is 5. The minimum absolute atomic E-state index is 0.114. The minimum atomic E-state index is -3.00. The molecule has 0 aliphatic carbocycles. The highest BCUT2D eigenvalue weighted by Crippen LogP contribution is 2.27. The maximum Gasteiger partial charge on any atom is 0.227 e. The lowest BCUT2D eigenvalue weighted by atomic mass is 10.1. The molecule has 1 amide bonds. The van der Waals surface area contributed by atoms with E-state index in [4.69, 9.17) is 0 Å². The van der Waals surface area contributed by atoms with Crippen molar-refractivity contribution in [3.05, 3.63) is 52.9 Å². The summed E-state index contributed by atoms with van der Waals surface area (Å²) in [5.41, 5.74) is 3.83. The maximum absolute atomic E-state index is 12.6. The number of nitrogens with zero attached hydrogens (tertiary/aromatic N) is 3. The van der Waals surface area contributed by atoms with Crippen LogP contribution in [0.25, 0.3) is 6.08 Å². The first kappa shape index (κ1) is 20.5. The molecule has 1 atom stereocenters. The van der Waals surface area contributed by atoms with Gasteiger partial charge >= 0.3 is 0 Å². The molecule has 2 aromatic rings. The van der Waals surface area contributed by atoms with E-state index in [1.54, 1.807) is 39.9 Å². The molecule has 2 aliphatic rings. The third-order valence-electron chi connectivity index (χ3n) is 5.87. The molecule has 3 heterocycles. The first-order valence-corrected chi connectivity index (χ1v) is 12.0. The van der Waals surface area contributed by atoms with Gasteiger partial charge in [0.05, 0.1) is 23.2 Å². The number of aromatic nitrogens is 2. The molecule has 2 fully saturated rings. The van der Waals surface area contributed by atoms with Crippen LogP contribution >= 0.6 is 0 Å². The number of aryl methyl sites for hydroxylation is 1. The molecule has 0 spiro atoms. The van der Waals surface area contributed by atoms with E-state index in [9.17, 15) is 18.0 Å². The van der Waals surface area contributed by atoms with Gasteiger partial charge in [-0.05, 0) is 63.1 Å². The molecule has 1 unspecified atom stereocenters. The number of anilines is 1. The van der Waals surface area contributed by atoms with Gasteiger partial charge in [0, 0.05) is 35.5 Å². The summed E-state index contributed by atoms with van der Waals surface area (Å²) in [7, 11) is -3.00. The second-order valence-corrected chi connectivity index (χ2v) is 10.2. The maximum atomic E-state index is 12.6. The first-order valence-electron chi connectivity index (χ1n) is 10.1. The predicted octanol–water partition coefficient (Wildman–Crippen LogP) is 2.88. The molecule has 4 rings (SSSR count). The number of allylic oxidation sites excluding steroid dienone is 1. The lowest BCUT2D eigenvalue weighted by Crippen LogP contribution is -2.23. The Balaban J connectivity index is 1.50. The van der Waals surface area contributed by atoms with Crippen molar-refractivity contribution in [3.63, 3.8) is 0 Å². The van der Waals surface area contributed by atoms with E-state index in [1.165, 1.54) is 6.08 Å². The predicted molar refractivity (Wildman–Crippen MR) is 115 cm³/mol. The van der Waals surface area contributed by atoms with Crippen LogP contribution < -0.4 is 4.90 Å². The molecule has 0 saturated carbocycles. The van der Waals surface area contributed by atoms with Gasteiger partial charge in [-0.1, -0.05) is 0 Å². The minimum Gasteiger partial charge on any atom is -0.312 e. The lowest BCUT2D eigenvalue weighted by Gasteiger charge is -2.15. The van der Waals surface area contributed by atoms with Gasteiger partial charge in [-0.2, -0.15) is 5.10 Å². The summed E-state index contributed by atoms with van der Waals surface area (Å²) in [6.07, 6.45) is 5.27. The Bertz CT molecular complexity index is 1130. The van der Waals surface area contributed by atoms with Crippen molar-refractivity contribution in [2.45, 2.75) is 39.2 Å². The van der Waals surface area contributed by atoms with Gasteiger partial charge in [0.1, 0.15) is 0 Å². The molecule has 0 radical (unpaired) electrons. The highest BCUT2D eigenvalue weighted by Gasteiger charge is 2.31. The van der Waals surface area contributed by atoms with Crippen molar-refractivity contribution in [1.82, 2.24) is 9.78 Å². The highest BCUT2D eigenvalue weighted by molar-refractivity contribution is 7.91. The third-order valence-corrected chi connectivity index (χ3v) is 7.62. The molecule has 2 aliphatic heterocycles. The number of amides is 1. The van der Waals surface area contributed by atoms with Crippen molar-refractivity contribution in [1.29, 1.82) is 0 Å². The highest BCUT2D eigenvalue weighted by atomic mass is 32.2. The van der Waals surface area contributed by atoms with Gasteiger partial charge < -0.3 is 4.90 Å². The average Bonchev–Trinajstić information content (AvgIpc) is 3.37. The fraction of sp³-hybridized carbons (Fsp3) is 0.409. The number of carbonyl (C=O) groups is 2. The Labute approximate surface area is 176 Å². The summed E-state index contributed by atoms with van der Waals surface area (Å²) in [4.78, 5) is 26.2. The van der Waals surface area contributed by atoms with Crippen molar-refractivity contribution in [2.24, 2.45) is 0 Å². The Morgan fingerprint density at radius 2 is 1.93 bits per heavy atom. The zero-order valence-electron chi connectivity index (χ0n) is 17.2. The van der Waals surface area contributed by atoms with Crippen molar-refractivity contribution in [3.8, 4) is 0 Å². The van der Waals surface area contributed by atoms with E-state index in [0.717, 1.165) is 35.6 Å². The van der Waals surface area contributed by atoms with E-state index in [1.807, 2.05) is 13.8 Å². The van der Waals surface area contributed by atoms with Crippen LogP contribution in [-0.2, 0) is 14.6 Å². The SMILES string of the molecule is Cc1nn(C2CCS(=O)(=O)C2)c(C)c1C=CC(=O)c1ccc(N2CCCC2=O)cc1. The quantitative estimate of drug-likeness (QED) is 0.541. The summed E-state index contributed by atoms with van der Waals surface area (Å²) in [5.74, 6) is 0.290. The zero-order chi connectivity index (χ0) is 21.5. The van der Waals surface area contributed by atoms with Crippen molar-refractivity contribution >= 4 is 33.3 Å². The molecule has 0 N–H and O–H groups in total. The topological polar surface area (TPSA) is 89.3 Å². The van der Waals surface area contributed by atoms with Crippen LogP contribution in [0.2, 0.25) is 0 Å². The normalized spacial score (nSPS) is 21.1. The summed E-state index contributed by atoms with van der Waals surface area (Å²) in [6.45, 7) is 4.48. The molecule has 8 heteroatoms. The molecule has 2 saturated heterocycles. The summed E-state index contributed by atoms with van der Waals surface area (Å²) >= 11 is 0. The number of rotatable bonds is 5. The summed E-state index contributed by atoms with van der Waals surface area (Å²) in [6, 6.07) is 6.94. The monoisotopic (exact) mass is 427 g/mol. The van der Waals surface area contributed by atoms with Gasteiger partial charge in [-0.15, -0.1) is 0 Å². The molecule has 30 heavy (non-hydrogen) atoms. The summed E-state index contributed by atoms with van der Waals surface area (Å²) in [5, 5.41) is 4.52. The van der Waals surface area contributed by atoms with E-state index in [2.05, 4.69) is 5.10 Å². The van der Waals surface area contributed by atoms with Crippen LogP contribution in [0.15, 0.2) is 30.3 Å². The number of ketones is 1. The third kappa shape index (κ3) is 3.96. The van der Waals surface area contributed by atoms with Crippen LogP contribution in [0.1, 0.15) is 52.6 Å². The number of carbonyl (C=O) groups excluding carboxylic acids is 2.